The van der Waals surface area contributed by atoms with Crippen molar-refractivity contribution in [1.82, 2.24) is 0 Å². The fraction of sp³-hybridized carbons (Fsp3) is 0.526. The van der Waals surface area contributed by atoms with E-state index in [4.69, 9.17) is 15.2 Å². The molecule has 0 fully saturated rings. The molecule has 0 saturated carbocycles. The summed E-state index contributed by atoms with van der Waals surface area (Å²) in [5, 5.41) is 0. The van der Waals surface area contributed by atoms with E-state index in [0.29, 0.717) is 0 Å². The highest BCUT2D eigenvalue weighted by Crippen LogP contribution is 2.24. The van der Waals surface area contributed by atoms with Crippen LogP contribution in [0.3, 0.4) is 0 Å². The number of anilines is 1. The number of nitrogens with zero attached hydrogens (tertiary/aromatic N) is 1. The van der Waals surface area contributed by atoms with E-state index in [1.165, 1.54) is 6.07 Å². The minimum absolute atomic E-state index is 0.174. The fourth-order valence-corrected chi connectivity index (χ4v) is 2.14. The highest BCUT2D eigenvalue weighted by atomic mass is 16.6. The molecular weight excluding hydrogens is 336 g/mol. The Morgan fingerprint density at radius 3 is 2.00 bits per heavy atom. The second kappa shape index (κ2) is 8.31. The average molecular weight is 364 g/mol. The molecule has 1 amide bonds. The van der Waals surface area contributed by atoms with Crippen LogP contribution in [0, 0.1) is 0 Å². The molecule has 144 valence electrons. The summed E-state index contributed by atoms with van der Waals surface area (Å²) in [5.41, 5.74) is 4.52. The number of esters is 2. The van der Waals surface area contributed by atoms with Gasteiger partial charge in [-0.25, -0.2) is 4.79 Å². The molecule has 7 nitrogen and oxygen atoms in total. The van der Waals surface area contributed by atoms with Crippen LogP contribution >= 0.6 is 0 Å². The van der Waals surface area contributed by atoms with Gasteiger partial charge in [0, 0.05) is 0 Å². The van der Waals surface area contributed by atoms with E-state index in [1.54, 1.807) is 59.7 Å². The van der Waals surface area contributed by atoms with Gasteiger partial charge in [0.15, 0.2) is 0 Å². The maximum absolute atomic E-state index is 12.5. The number of nitrogens with two attached hydrogens (primary N) is 1. The van der Waals surface area contributed by atoms with Crippen molar-refractivity contribution in [3.63, 3.8) is 0 Å². The summed E-state index contributed by atoms with van der Waals surface area (Å²) in [4.78, 5) is 38.2. The fourth-order valence-electron chi connectivity index (χ4n) is 2.14. The van der Waals surface area contributed by atoms with Gasteiger partial charge in [-0.3, -0.25) is 14.5 Å². The van der Waals surface area contributed by atoms with Crippen molar-refractivity contribution in [1.29, 1.82) is 0 Å². The normalized spacial score (nSPS) is 11.7. The molecule has 7 heteroatoms. The number of carbonyl (C=O) groups excluding carboxylic acids is 3. The predicted molar refractivity (Wildman–Crippen MR) is 98.9 cm³/mol. The number of amides is 1. The van der Waals surface area contributed by atoms with Gasteiger partial charge >= 0.3 is 11.9 Å². The van der Waals surface area contributed by atoms with E-state index >= 15 is 0 Å². The van der Waals surface area contributed by atoms with Gasteiger partial charge in [-0.1, -0.05) is 12.1 Å². The first-order valence-corrected chi connectivity index (χ1v) is 8.39. The minimum atomic E-state index is -0.696. The topological polar surface area (TPSA) is 98.9 Å². The lowest BCUT2D eigenvalue weighted by Gasteiger charge is -2.27. The maximum atomic E-state index is 12.5. The smallest absolute Gasteiger partial charge is 0.340 e. The molecule has 1 aromatic rings. The molecule has 0 unspecified atom stereocenters. The van der Waals surface area contributed by atoms with Crippen LogP contribution in [0.25, 0.3) is 0 Å². The Morgan fingerprint density at radius 1 is 0.962 bits per heavy atom. The Labute approximate surface area is 154 Å². The van der Waals surface area contributed by atoms with Crippen molar-refractivity contribution in [3.8, 4) is 0 Å². The monoisotopic (exact) mass is 364 g/mol. The highest BCUT2D eigenvalue weighted by Gasteiger charge is 2.27. The van der Waals surface area contributed by atoms with E-state index in [9.17, 15) is 14.4 Å². The molecule has 1 rings (SSSR count). The van der Waals surface area contributed by atoms with Crippen LogP contribution in [0.4, 0.5) is 5.69 Å². The van der Waals surface area contributed by atoms with Crippen molar-refractivity contribution >= 4 is 23.5 Å². The minimum Gasteiger partial charge on any atom is -0.459 e. The molecule has 1 aromatic carbocycles. The summed E-state index contributed by atoms with van der Waals surface area (Å²) in [5.74, 6) is -1.70. The molecule has 0 saturated heterocycles. The van der Waals surface area contributed by atoms with Crippen LogP contribution in [0.2, 0.25) is 0 Å². The highest BCUT2D eigenvalue weighted by molar-refractivity contribution is 6.05. The number of benzene rings is 1. The van der Waals surface area contributed by atoms with Crippen molar-refractivity contribution in [2.24, 2.45) is 5.73 Å². The summed E-state index contributed by atoms with van der Waals surface area (Å²) >= 11 is 0. The zero-order valence-corrected chi connectivity index (χ0v) is 16.3. The molecular formula is C19H28N2O5. The largest absolute Gasteiger partial charge is 0.459 e. The van der Waals surface area contributed by atoms with E-state index in [0.717, 1.165) is 4.90 Å². The molecule has 0 heterocycles. The first-order valence-electron chi connectivity index (χ1n) is 8.39. The van der Waals surface area contributed by atoms with E-state index in [2.05, 4.69) is 0 Å². The molecule has 0 aromatic heterocycles. The first kappa shape index (κ1) is 21.6. The molecule has 0 spiro atoms. The Kier molecular flexibility index (Phi) is 6.92. The SMILES string of the molecule is CC(C)(C)OC(=O)CN(C(=O)CN)c1ccccc1C(=O)OC(C)(C)C. The molecule has 26 heavy (non-hydrogen) atoms. The number of hydrogen-bond donors (Lipinski definition) is 1. The Bertz CT molecular complexity index is 671. The molecule has 0 aliphatic carbocycles. The van der Waals surface area contributed by atoms with E-state index in [1.807, 2.05) is 0 Å². The number of carbonyl (C=O) groups is 3. The second-order valence-corrected chi connectivity index (χ2v) is 7.79. The maximum Gasteiger partial charge on any atom is 0.340 e. The summed E-state index contributed by atoms with van der Waals surface area (Å²) in [6.07, 6.45) is 0. The third kappa shape index (κ3) is 6.84. The van der Waals surface area contributed by atoms with Gasteiger partial charge in [-0.05, 0) is 53.7 Å². The Morgan fingerprint density at radius 2 is 1.50 bits per heavy atom. The zero-order chi connectivity index (χ0) is 20.1. The van der Waals surface area contributed by atoms with Crippen molar-refractivity contribution in [2.45, 2.75) is 52.7 Å². The first-order chi connectivity index (χ1) is 11.8. The Balaban J connectivity index is 3.21. The van der Waals surface area contributed by atoms with Crippen molar-refractivity contribution < 1.29 is 23.9 Å². The Hall–Kier alpha value is -2.41. The third-order valence-electron chi connectivity index (χ3n) is 3.00. The molecule has 0 aliphatic heterocycles. The quantitative estimate of drug-likeness (QED) is 0.805. The van der Waals surface area contributed by atoms with E-state index in [-0.39, 0.29) is 24.3 Å². The number of rotatable bonds is 5. The van der Waals surface area contributed by atoms with Crippen LogP contribution in [-0.4, -0.2) is 42.1 Å². The lowest BCUT2D eigenvalue weighted by molar-refractivity contribution is -0.153. The van der Waals surface area contributed by atoms with Gasteiger partial charge in [0.2, 0.25) is 5.91 Å². The van der Waals surface area contributed by atoms with Crippen LogP contribution in [0.15, 0.2) is 24.3 Å². The lowest BCUT2D eigenvalue weighted by Crippen LogP contribution is -2.42. The van der Waals surface area contributed by atoms with Crippen LogP contribution in [0.1, 0.15) is 51.9 Å². The van der Waals surface area contributed by atoms with Gasteiger partial charge in [0.25, 0.3) is 0 Å². The van der Waals surface area contributed by atoms with Gasteiger partial charge in [-0.15, -0.1) is 0 Å². The molecule has 2 N–H and O–H groups in total. The molecule has 0 aliphatic rings. The van der Waals surface area contributed by atoms with E-state index < -0.39 is 29.0 Å². The number of para-hydroxylation sites is 1. The summed E-state index contributed by atoms with van der Waals surface area (Å²) in [6.45, 7) is 9.77. The third-order valence-corrected chi connectivity index (χ3v) is 3.00. The van der Waals surface area contributed by atoms with Crippen molar-refractivity contribution in [2.75, 3.05) is 18.0 Å². The number of ether oxygens (including phenoxy) is 2. The number of hydrogen-bond acceptors (Lipinski definition) is 6. The second-order valence-electron chi connectivity index (χ2n) is 7.79. The standard InChI is InChI=1S/C19H28N2O5/c1-18(2,3)25-16(23)12-21(15(22)11-20)14-10-8-7-9-13(14)17(24)26-19(4,5)6/h7-10H,11-12,20H2,1-6H3. The van der Waals surface area contributed by atoms with Crippen LogP contribution in [0.5, 0.6) is 0 Å². The predicted octanol–water partition coefficient (Wildman–Crippen LogP) is 2.28. The summed E-state index contributed by atoms with van der Waals surface area (Å²) in [6, 6.07) is 6.42. The van der Waals surface area contributed by atoms with Crippen molar-refractivity contribution in [3.05, 3.63) is 29.8 Å². The molecule has 0 atom stereocenters. The summed E-state index contributed by atoms with van der Waals surface area (Å²) < 4.78 is 10.7. The van der Waals surface area contributed by atoms with Crippen LogP contribution in [-0.2, 0) is 19.1 Å². The average Bonchev–Trinajstić information content (AvgIpc) is 2.48. The van der Waals surface area contributed by atoms with Gasteiger partial charge in [0.1, 0.15) is 17.7 Å². The lowest BCUT2D eigenvalue weighted by atomic mass is 10.1. The van der Waals surface area contributed by atoms with Gasteiger partial charge < -0.3 is 15.2 Å². The molecule has 0 bridgehead atoms. The molecule has 0 radical (unpaired) electrons. The van der Waals surface area contributed by atoms with Gasteiger partial charge in [0.05, 0.1) is 17.8 Å². The van der Waals surface area contributed by atoms with Gasteiger partial charge in [-0.2, -0.15) is 0 Å². The summed E-state index contributed by atoms with van der Waals surface area (Å²) in [7, 11) is 0. The van der Waals surface area contributed by atoms with Crippen LogP contribution < -0.4 is 10.6 Å². The zero-order valence-electron chi connectivity index (χ0n) is 16.3.